The normalized spacial score (nSPS) is 11.5. The monoisotopic (exact) mass is 606 g/mol. The molecule has 0 radical (unpaired) electrons. The molecule has 0 N–H and O–H groups in total. The second-order valence-electron chi connectivity index (χ2n) is 11.3. The second-order valence-corrected chi connectivity index (χ2v) is 12.3. The summed E-state index contributed by atoms with van der Waals surface area (Å²) in [5, 5.41) is 5.86. The van der Waals surface area contributed by atoms with E-state index >= 15 is 0 Å². The molecular formula is C41H26N4S. The van der Waals surface area contributed by atoms with Gasteiger partial charge in [0.15, 0.2) is 0 Å². The van der Waals surface area contributed by atoms with Crippen molar-refractivity contribution in [3.63, 3.8) is 0 Å². The number of fused-ring (bicyclic) bond motifs is 6. The number of hydrogen-bond donors (Lipinski definition) is 0. The Hall–Kier alpha value is -5.91. The Morgan fingerprint density at radius 2 is 1.22 bits per heavy atom. The van der Waals surface area contributed by atoms with E-state index in [0.29, 0.717) is 5.95 Å². The van der Waals surface area contributed by atoms with Crippen LogP contribution in [0.1, 0.15) is 0 Å². The van der Waals surface area contributed by atoms with Crippen LogP contribution in [0.2, 0.25) is 0 Å². The Labute approximate surface area is 269 Å². The first-order chi connectivity index (χ1) is 22.8. The van der Waals surface area contributed by atoms with E-state index in [1.807, 2.05) is 41.9 Å². The van der Waals surface area contributed by atoms with Crippen molar-refractivity contribution in [2.45, 2.75) is 0 Å². The van der Waals surface area contributed by atoms with E-state index in [2.05, 4.69) is 137 Å². The van der Waals surface area contributed by atoms with Crippen LogP contribution < -0.4 is 4.90 Å². The summed E-state index contributed by atoms with van der Waals surface area (Å²) in [5.41, 5.74) is 7.09. The Morgan fingerprint density at radius 3 is 2.02 bits per heavy atom. The van der Waals surface area contributed by atoms with Gasteiger partial charge in [-0.15, -0.1) is 11.3 Å². The minimum Gasteiger partial charge on any atom is -0.278 e. The first-order valence-corrected chi connectivity index (χ1v) is 16.1. The van der Waals surface area contributed by atoms with Crippen molar-refractivity contribution in [3.8, 4) is 22.4 Å². The van der Waals surface area contributed by atoms with Crippen molar-refractivity contribution in [2.75, 3.05) is 4.90 Å². The summed E-state index contributed by atoms with van der Waals surface area (Å²) in [6.45, 7) is 0. The highest BCUT2D eigenvalue weighted by atomic mass is 32.1. The molecule has 216 valence electrons. The van der Waals surface area contributed by atoms with Gasteiger partial charge in [0.1, 0.15) is 0 Å². The Bertz CT molecular complexity index is 2530. The van der Waals surface area contributed by atoms with Crippen LogP contribution in [0.4, 0.5) is 17.3 Å². The van der Waals surface area contributed by atoms with Crippen molar-refractivity contribution in [1.29, 1.82) is 0 Å². The van der Waals surface area contributed by atoms with Gasteiger partial charge in [-0.3, -0.25) is 9.88 Å². The van der Waals surface area contributed by atoms with E-state index in [4.69, 9.17) is 9.97 Å². The first kappa shape index (κ1) is 26.5. The molecule has 0 atom stereocenters. The topological polar surface area (TPSA) is 41.9 Å². The molecule has 9 aromatic rings. The lowest BCUT2D eigenvalue weighted by atomic mass is 9.99. The van der Waals surface area contributed by atoms with Gasteiger partial charge < -0.3 is 0 Å². The zero-order valence-corrected chi connectivity index (χ0v) is 25.5. The quantitative estimate of drug-likeness (QED) is 0.183. The van der Waals surface area contributed by atoms with Crippen LogP contribution in [0, 0.1) is 0 Å². The van der Waals surface area contributed by atoms with Crippen LogP contribution in [-0.4, -0.2) is 15.0 Å². The average molecular weight is 607 g/mol. The van der Waals surface area contributed by atoms with Crippen LogP contribution in [-0.2, 0) is 0 Å². The molecule has 3 heterocycles. The lowest BCUT2D eigenvalue weighted by Gasteiger charge is -2.27. The fraction of sp³-hybridized carbons (Fsp3) is 0. The third-order valence-electron chi connectivity index (χ3n) is 8.57. The summed E-state index contributed by atoms with van der Waals surface area (Å²) in [6, 6.07) is 51.0. The van der Waals surface area contributed by atoms with Crippen LogP contribution >= 0.6 is 11.3 Å². The molecule has 0 unspecified atom stereocenters. The molecule has 46 heavy (non-hydrogen) atoms. The van der Waals surface area contributed by atoms with Crippen LogP contribution in [0.5, 0.6) is 0 Å². The molecule has 0 aliphatic rings. The fourth-order valence-electron chi connectivity index (χ4n) is 6.50. The van der Waals surface area contributed by atoms with Gasteiger partial charge in [0.25, 0.3) is 0 Å². The average Bonchev–Trinajstić information content (AvgIpc) is 3.51. The van der Waals surface area contributed by atoms with Crippen LogP contribution in [0.25, 0.3) is 64.2 Å². The number of benzene rings is 6. The Morgan fingerprint density at radius 1 is 0.522 bits per heavy atom. The molecule has 3 aromatic heterocycles. The van der Waals surface area contributed by atoms with Crippen molar-refractivity contribution in [3.05, 3.63) is 158 Å². The maximum Gasteiger partial charge on any atom is 0.235 e. The molecule has 0 bridgehead atoms. The number of thiophene rings is 1. The van der Waals surface area contributed by atoms with E-state index in [9.17, 15) is 0 Å². The summed E-state index contributed by atoms with van der Waals surface area (Å²) in [7, 11) is 0. The molecule has 5 heteroatoms. The third kappa shape index (κ3) is 4.32. The van der Waals surface area contributed by atoms with Gasteiger partial charge in [-0.25, -0.2) is 9.97 Å². The fourth-order valence-corrected chi connectivity index (χ4v) is 7.77. The molecule has 0 spiro atoms. The van der Waals surface area contributed by atoms with E-state index in [1.165, 1.54) is 20.2 Å². The van der Waals surface area contributed by atoms with Gasteiger partial charge in [-0.05, 0) is 46.7 Å². The Kier molecular flexibility index (Phi) is 6.28. The van der Waals surface area contributed by atoms with E-state index in [1.54, 1.807) is 0 Å². The summed E-state index contributed by atoms with van der Waals surface area (Å²) in [6.07, 6.45) is 3.66. The van der Waals surface area contributed by atoms with Gasteiger partial charge in [0, 0.05) is 49.1 Å². The molecule has 0 amide bonds. The smallest absolute Gasteiger partial charge is 0.235 e. The maximum atomic E-state index is 5.43. The van der Waals surface area contributed by atoms with Crippen molar-refractivity contribution < 1.29 is 0 Å². The maximum absolute atomic E-state index is 5.43. The molecular weight excluding hydrogens is 581 g/mol. The number of rotatable bonds is 5. The SMILES string of the molecule is c1ccc(-c2c(N(c3ccncc3)c3nc(-c4ccccc4)c4c(ccc5ccccc54)n3)ccc3c2sc2ccccc23)cc1. The molecule has 9 rings (SSSR count). The molecule has 4 nitrogen and oxygen atoms in total. The third-order valence-corrected chi connectivity index (χ3v) is 9.78. The summed E-state index contributed by atoms with van der Waals surface area (Å²) < 4.78 is 2.50. The molecule has 0 fully saturated rings. The predicted molar refractivity (Wildman–Crippen MR) is 193 cm³/mol. The highest BCUT2D eigenvalue weighted by Crippen LogP contribution is 2.48. The highest BCUT2D eigenvalue weighted by Gasteiger charge is 2.25. The summed E-state index contributed by atoms with van der Waals surface area (Å²) >= 11 is 1.83. The predicted octanol–water partition coefficient (Wildman–Crippen LogP) is 11.3. The molecule has 0 saturated heterocycles. The number of pyridine rings is 1. The largest absolute Gasteiger partial charge is 0.278 e. The van der Waals surface area contributed by atoms with E-state index < -0.39 is 0 Å². The van der Waals surface area contributed by atoms with Crippen molar-refractivity contribution >= 4 is 70.5 Å². The summed E-state index contributed by atoms with van der Waals surface area (Å²) in [4.78, 5) is 17.3. The number of aromatic nitrogens is 3. The second kappa shape index (κ2) is 10.9. The molecule has 0 aliphatic heterocycles. The van der Waals surface area contributed by atoms with Crippen molar-refractivity contribution in [1.82, 2.24) is 15.0 Å². The lowest BCUT2D eigenvalue weighted by Crippen LogP contribution is -2.15. The standard InChI is InChI=1S/C41H26N4S/c1-3-12-28(13-4-1)37-35(22-20-33-32-17-9-10-18-36(32)46-40(33)37)45(30-23-25-42-26-24-30)41-43-34-21-19-27-11-7-8-16-31(27)38(34)39(44-41)29-14-5-2-6-15-29/h1-26H. The number of hydrogen-bond acceptors (Lipinski definition) is 5. The van der Waals surface area contributed by atoms with E-state index in [-0.39, 0.29) is 0 Å². The van der Waals surface area contributed by atoms with Gasteiger partial charge in [-0.2, -0.15) is 0 Å². The first-order valence-electron chi connectivity index (χ1n) is 15.3. The van der Waals surface area contributed by atoms with Crippen molar-refractivity contribution in [2.24, 2.45) is 0 Å². The molecule has 0 saturated carbocycles. The summed E-state index contributed by atoms with van der Waals surface area (Å²) in [5.74, 6) is 0.602. The Balaban J connectivity index is 1.40. The highest BCUT2D eigenvalue weighted by molar-refractivity contribution is 7.26. The minimum atomic E-state index is 0.602. The van der Waals surface area contributed by atoms with Crippen LogP contribution in [0.15, 0.2) is 158 Å². The van der Waals surface area contributed by atoms with Gasteiger partial charge >= 0.3 is 0 Å². The zero-order chi connectivity index (χ0) is 30.5. The van der Waals surface area contributed by atoms with Gasteiger partial charge in [-0.1, -0.05) is 115 Å². The van der Waals surface area contributed by atoms with Gasteiger partial charge in [0.05, 0.1) is 22.6 Å². The van der Waals surface area contributed by atoms with E-state index in [0.717, 1.165) is 55.4 Å². The zero-order valence-electron chi connectivity index (χ0n) is 24.7. The molecule has 6 aromatic carbocycles. The number of anilines is 3. The van der Waals surface area contributed by atoms with Crippen LogP contribution in [0.3, 0.4) is 0 Å². The number of nitrogens with zero attached hydrogens (tertiary/aromatic N) is 4. The lowest BCUT2D eigenvalue weighted by molar-refractivity contribution is 1.11. The van der Waals surface area contributed by atoms with Gasteiger partial charge in [0.2, 0.25) is 5.95 Å². The molecule has 0 aliphatic carbocycles. The minimum absolute atomic E-state index is 0.602.